The molecule has 0 radical (unpaired) electrons. The van der Waals surface area contributed by atoms with Crippen LogP contribution in [-0.4, -0.2) is 104 Å². The number of amides is 2. The highest BCUT2D eigenvalue weighted by Crippen LogP contribution is 2.35. The van der Waals surface area contributed by atoms with Crippen LogP contribution in [-0.2, 0) is 80.5 Å². The molecule has 342 valence electrons. The molecular formula is C52H58N2O11. The Hall–Kier alpha value is -5.93. The van der Waals surface area contributed by atoms with Crippen LogP contribution >= 0.6 is 0 Å². The highest BCUT2D eigenvalue weighted by Gasteiger charge is 2.53. The second-order valence-corrected chi connectivity index (χ2v) is 16.2. The Morgan fingerprint density at radius 1 is 0.615 bits per heavy atom. The summed E-state index contributed by atoms with van der Waals surface area (Å²) in [7, 11) is 1.27. The van der Waals surface area contributed by atoms with Crippen LogP contribution in [0, 0.1) is 0 Å². The van der Waals surface area contributed by atoms with Crippen LogP contribution in [0.15, 0.2) is 152 Å². The second-order valence-electron chi connectivity index (χ2n) is 16.2. The number of hydrogen-bond donors (Lipinski definition) is 0. The molecule has 2 saturated heterocycles. The van der Waals surface area contributed by atoms with Gasteiger partial charge in [0.25, 0.3) is 0 Å². The minimum Gasteiger partial charge on any atom is -0.467 e. The average Bonchev–Trinajstić information content (AvgIpc) is 3.99. The third-order valence-electron chi connectivity index (χ3n) is 11.5. The van der Waals surface area contributed by atoms with Crippen LogP contribution in [0.3, 0.4) is 0 Å². The molecule has 1 spiro atoms. The molecule has 7 rings (SSSR count). The van der Waals surface area contributed by atoms with E-state index in [0.29, 0.717) is 19.8 Å². The van der Waals surface area contributed by atoms with Gasteiger partial charge in [-0.2, -0.15) is 0 Å². The van der Waals surface area contributed by atoms with E-state index in [1.807, 2.05) is 159 Å². The van der Waals surface area contributed by atoms with Crippen molar-refractivity contribution in [2.45, 2.75) is 82.6 Å². The first kappa shape index (κ1) is 47.0. The molecule has 0 aliphatic carbocycles. The zero-order chi connectivity index (χ0) is 45.3. The molecule has 0 aromatic heterocycles. The largest absolute Gasteiger partial charge is 0.467 e. The molecule has 0 bridgehead atoms. The molecule has 5 atom stereocenters. The summed E-state index contributed by atoms with van der Waals surface area (Å²) in [5.41, 5.74) is 4.46. The van der Waals surface area contributed by atoms with Gasteiger partial charge in [-0.05, 0) is 34.7 Å². The van der Waals surface area contributed by atoms with E-state index in [4.69, 9.17) is 37.9 Å². The fourth-order valence-electron chi connectivity index (χ4n) is 8.01. The zero-order valence-corrected chi connectivity index (χ0v) is 37.0. The van der Waals surface area contributed by atoms with Gasteiger partial charge in [-0.3, -0.25) is 9.69 Å². The Bertz CT molecular complexity index is 2200. The fraction of sp³-hybridized carbons (Fsp3) is 0.365. The van der Waals surface area contributed by atoms with Crippen LogP contribution in [0.5, 0.6) is 0 Å². The predicted octanol–water partition coefficient (Wildman–Crippen LogP) is 7.50. The van der Waals surface area contributed by atoms with Crippen molar-refractivity contribution in [2.75, 3.05) is 40.0 Å². The summed E-state index contributed by atoms with van der Waals surface area (Å²) in [6.07, 6.45) is -3.88. The smallest absolute Gasteiger partial charge is 0.410 e. The van der Waals surface area contributed by atoms with E-state index in [1.54, 1.807) is 0 Å². The summed E-state index contributed by atoms with van der Waals surface area (Å²) in [6, 6.07) is 47.4. The highest BCUT2D eigenvalue weighted by atomic mass is 16.7. The third kappa shape index (κ3) is 13.6. The highest BCUT2D eigenvalue weighted by molar-refractivity contribution is 5.88. The van der Waals surface area contributed by atoms with Crippen LogP contribution in [0.1, 0.15) is 41.2 Å². The number of carbonyl (C=O) groups excluding carboxylic acids is 3. The van der Waals surface area contributed by atoms with Crippen LogP contribution in [0.25, 0.3) is 0 Å². The molecule has 5 aromatic rings. The van der Waals surface area contributed by atoms with Gasteiger partial charge >= 0.3 is 12.1 Å². The van der Waals surface area contributed by atoms with Crippen molar-refractivity contribution in [1.82, 2.24) is 9.80 Å². The maximum Gasteiger partial charge on any atom is 0.410 e. The number of nitrogens with zero attached hydrogens (tertiary/aromatic N) is 2. The molecule has 13 heteroatoms. The first-order valence-electron chi connectivity index (χ1n) is 22.0. The lowest BCUT2D eigenvalue weighted by molar-refractivity contribution is -0.189. The number of methoxy groups -OCH3 is 1. The van der Waals surface area contributed by atoms with Gasteiger partial charge in [0.2, 0.25) is 5.91 Å². The number of ether oxygens (including phenoxy) is 8. The van der Waals surface area contributed by atoms with Crippen molar-refractivity contribution in [3.8, 4) is 0 Å². The van der Waals surface area contributed by atoms with Crippen molar-refractivity contribution in [1.29, 1.82) is 0 Å². The minimum atomic E-state index is -1.16. The van der Waals surface area contributed by atoms with Gasteiger partial charge in [0.05, 0.1) is 65.9 Å². The average molecular weight is 887 g/mol. The molecule has 2 heterocycles. The standard InChI is InChI=1S/C52H58N2O11/c1-39(59-33-40-18-8-3-9-19-40)48(61-35-42-22-12-5-13-23-42)49(62-36-43-24-14-6-15-25-43)46(60-34-41-20-10-4-11-21-41)31-53(51(57)63-37-44-26-16-7-17-27-44)32-47(55)54-38-52(64-28-29-65-52)30-45(54)50(56)58-2/h3-27,39,45-46,48-49H,28-38H2,1-2H3/t39-,45-,46-,48-,49-/m0/s1. The van der Waals surface area contributed by atoms with Crippen molar-refractivity contribution in [3.05, 3.63) is 179 Å². The SMILES string of the molecule is COC(=O)[C@@H]1CC2(CN1C(=O)CN(C[C@H](OCc1ccccc1)[C@H](OCc1ccccc1)[C@@H](OCc1ccccc1)[C@H](C)OCc1ccccc1)C(=O)OCc1ccccc1)OCCO2. The Morgan fingerprint density at radius 3 is 1.52 bits per heavy atom. The first-order chi connectivity index (χ1) is 31.8. The molecule has 65 heavy (non-hydrogen) atoms. The number of benzene rings is 5. The van der Waals surface area contributed by atoms with E-state index in [1.165, 1.54) is 16.9 Å². The quantitative estimate of drug-likeness (QED) is 0.0641. The molecule has 0 unspecified atom stereocenters. The molecule has 0 N–H and O–H groups in total. The van der Waals surface area contributed by atoms with E-state index >= 15 is 0 Å². The molecular weight excluding hydrogens is 829 g/mol. The Balaban J connectivity index is 1.25. The number of likely N-dealkylation sites (tertiary alicyclic amines) is 1. The minimum absolute atomic E-state index is 0.0269. The maximum atomic E-state index is 14.6. The summed E-state index contributed by atoms with van der Waals surface area (Å²) in [5.74, 6) is -2.31. The molecule has 2 aliphatic heterocycles. The predicted molar refractivity (Wildman–Crippen MR) is 241 cm³/mol. The van der Waals surface area contributed by atoms with Gasteiger partial charge in [0, 0.05) is 6.42 Å². The Morgan fingerprint density at radius 2 is 1.05 bits per heavy atom. The molecule has 2 amide bonds. The van der Waals surface area contributed by atoms with Gasteiger partial charge in [0.1, 0.15) is 37.5 Å². The van der Waals surface area contributed by atoms with E-state index in [0.717, 1.165) is 27.8 Å². The van der Waals surface area contributed by atoms with Gasteiger partial charge in [0.15, 0.2) is 5.79 Å². The van der Waals surface area contributed by atoms with E-state index < -0.39 is 60.8 Å². The summed E-state index contributed by atoms with van der Waals surface area (Å²) in [4.78, 5) is 45.0. The zero-order valence-electron chi connectivity index (χ0n) is 37.0. The summed E-state index contributed by atoms with van der Waals surface area (Å²) < 4.78 is 50.2. The molecule has 2 aliphatic rings. The maximum absolute atomic E-state index is 14.6. The molecule has 13 nitrogen and oxygen atoms in total. The van der Waals surface area contributed by atoms with Gasteiger partial charge in [-0.15, -0.1) is 0 Å². The van der Waals surface area contributed by atoms with Crippen molar-refractivity contribution in [3.63, 3.8) is 0 Å². The number of carbonyl (C=O) groups is 3. The third-order valence-corrected chi connectivity index (χ3v) is 11.5. The summed E-state index contributed by atoms with van der Waals surface area (Å²) in [5, 5.41) is 0. The van der Waals surface area contributed by atoms with Crippen molar-refractivity contribution < 1.29 is 52.3 Å². The first-order valence-corrected chi connectivity index (χ1v) is 22.0. The molecule has 5 aromatic carbocycles. The van der Waals surface area contributed by atoms with Crippen LogP contribution < -0.4 is 0 Å². The molecule has 0 saturated carbocycles. The van der Waals surface area contributed by atoms with Gasteiger partial charge in [-0.25, -0.2) is 9.59 Å². The van der Waals surface area contributed by atoms with E-state index in [-0.39, 0.29) is 45.9 Å². The lowest BCUT2D eigenvalue weighted by atomic mass is 10.0. The summed E-state index contributed by atoms with van der Waals surface area (Å²) in [6.45, 7) is 2.65. The number of esters is 1. The lowest BCUT2D eigenvalue weighted by Crippen LogP contribution is -2.55. The number of hydrogen-bond acceptors (Lipinski definition) is 11. The fourth-order valence-corrected chi connectivity index (χ4v) is 8.01. The Labute approximate surface area is 381 Å². The van der Waals surface area contributed by atoms with E-state index in [2.05, 4.69) is 0 Å². The monoisotopic (exact) mass is 886 g/mol. The number of rotatable bonds is 22. The molecule has 2 fully saturated rings. The van der Waals surface area contributed by atoms with Crippen LogP contribution in [0.2, 0.25) is 0 Å². The normalized spacial score (nSPS) is 17.3. The topological polar surface area (TPSA) is 132 Å². The Kier molecular flexibility index (Phi) is 17.3. The second kappa shape index (κ2) is 23.8. The summed E-state index contributed by atoms with van der Waals surface area (Å²) >= 11 is 0. The van der Waals surface area contributed by atoms with Gasteiger partial charge < -0.3 is 42.8 Å². The van der Waals surface area contributed by atoms with Crippen LogP contribution in [0.4, 0.5) is 4.79 Å². The van der Waals surface area contributed by atoms with Gasteiger partial charge in [-0.1, -0.05) is 152 Å². The van der Waals surface area contributed by atoms with E-state index in [9.17, 15) is 14.4 Å². The van der Waals surface area contributed by atoms with Crippen molar-refractivity contribution >= 4 is 18.0 Å². The van der Waals surface area contributed by atoms with Crippen molar-refractivity contribution in [2.24, 2.45) is 0 Å². The lowest BCUT2D eigenvalue weighted by Gasteiger charge is -2.38.